The Balaban J connectivity index is 1.91. The second-order valence-corrected chi connectivity index (χ2v) is 4.25. The van der Waals surface area contributed by atoms with Crippen molar-refractivity contribution in [3.63, 3.8) is 0 Å². The number of oxazole rings is 1. The van der Waals surface area contributed by atoms with Gasteiger partial charge in [0, 0.05) is 12.1 Å². The van der Waals surface area contributed by atoms with E-state index in [0.717, 1.165) is 0 Å². The molecule has 3 rings (SSSR count). The van der Waals surface area contributed by atoms with Gasteiger partial charge in [-0.15, -0.1) is 0 Å². The molecule has 0 aliphatic rings. The van der Waals surface area contributed by atoms with E-state index >= 15 is 0 Å². The number of nitrogens with zero attached hydrogens (tertiary/aromatic N) is 1. The summed E-state index contributed by atoms with van der Waals surface area (Å²) in [6.07, 6.45) is 3.20. The molecule has 0 radical (unpaired) electrons. The van der Waals surface area contributed by atoms with Crippen molar-refractivity contribution in [3.8, 4) is 11.5 Å². The number of benzene rings is 2. The molecule has 0 aliphatic carbocycles. The molecule has 0 atom stereocenters. The molecule has 2 aromatic carbocycles. The highest BCUT2D eigenvalue weighted by Crippen LogP contribution is 2.22. The molecule has 0 saturated carbocycles. The number of hydrogen-bond donors (Lipinski definition) is 2. The molecule has 100 valence electrons. The van der Waals surface area contributed by atoms with Crippen LogP contribution in [0.1, 0.15) is 11.5 Å². The molecular formula is C15H10FNO3. The average molecular weight is 271 g/mol. The zero-order chi connectivity index (χ0) is 14.1. The number of phenols is 2. The quantitative estimate of drug-likeness (QED) is 0.748. The van der Waals surface area contributed by atoms with Gasteiger partial charge in [0.05, 0.1) is 0 Å². The first-order chi connectivity index (χ1) is 9.61. The zero-order valence-corrected chi connectivity index (χ0v) is 10.2. The van der Waals surface area contributed by atoms with Crippen molar-refractivity contribution in [2.24, 2.45) is 0 Å². The predicted molar refractivity (Wildman–Crippen MR) is 72.7 cm³/mol. The molecule has 5 heteroatoms. The summed E-state index contributed by atoms with van der Waals surface area (Å²) in [5.74, 6) is -0.616. The normalized spacial score (nSPS) is 11.4. The number of hydrogen-bond acceptors (Lipinski definition) is 4. The summed E-state index contributed by atoms with van der Waals surface area (Å²) in [6.45, 7) is 0. The van der Waals surface area contributed by atoms with E-state index in [1.807, 2.05) is 0 Å². The summed E-state index contributed by atoms with van der Waals surface area (Å²) in [5, 5.41) is 18.4. The molecule has 4 nitrogen and oxygen atoms in total. The third-order valence-electron chi connectivity index (χ3n) is 2.78. The number of halogens is 1. The molecule has 1 aromatic heterocycles. The Bertz CT molecular complexity index is 808. The third kappa shape index (κ3) is 2.33. The van der Waals surface area contributed by atoms with Gasteiger partial charge in [0.15, 0.2) is 17.1 Å². The maximum absolute atomic E-state index is 13.2. The van der Waals surface area contributed by atoms with Crippen molar-refractivity contribution < 1.29 is 19.0 Å². The van der Waals surface area contributed by atoms with Crippen molar-refractivity contribution in [2.75, 3.05) is 0 Å². The van der Waals surface area contributed by atoms with Crippen molar-refractivity contribution in [1.82, 2.24) is 4.98 Å². The molecule has 0 amide bonds. The van der Waals surface area contributed by atoms with Crippen LogP contribution in [0, 0.1) is 5.82 Å². The first-order valence-electron chi connectivity index (χ1n) is 5.88. The summed E-state index contributed by atoms with van der Waals surface area (Å²) in [7, 11) is 0. The van der Waals surface area contributed by atoms with E-state index in [-0.39, 0.29) is 11.5 Å². The fourth-order valence-electron chi connectivity index (χ4n) is 1.80. The molecule has 3 aromatic rings. The topological polar surface area (TPSA) is 66.5 Å². The van der Waals surface area contributed by atoms with Gasteiger partial charge in [-0.3, -0.25) is 0 Å². The van der Waals surface area contributed by atoms with Gasteiger partial charge in [-0.05, 0) is 35.9 Å². The van der Waals surface area contributed by atoms with Gasteiger partial charge in [0.1, 0.15) is 11.3 Å². The van der Waals surface area contributed by atoms with Gasteiger partial charge in [0.25, 0.3) is 0 Å². The largest absolute Gasteiger partial charge is 0.508 e. The molecular weight excluding hydrogens is 261 g/mol. The van der Waals surface area contributed by atoms with Crippen LogP contribution >= 0.6 is 0 Å². The second-order valence-electron chi connectivity index (χ2n) is 4.25. The van der Waals surface area contributed by atoms with Crippen LogP contribution in [-0.4, -0.2) is 15.2 Å². The Hall–Kier alpha value is -2.82. The van der Waals surface area contributed by atoms with Crippen LogP contribution in [0.3, 0.4) is 0 Å². The summed E-state index contributed by atoms with van der Waals surface area (Å²) >= 11 is 0. The molecule has 0 fully saturated rings. The van der Waals surface area contributed by atoms with Crippen LogP contribution in [-0.2, 0) is 0 Å². The lowest BCUT2D eigenvalue weighted by Crippen LogP contribution is -1.78. The number of rotatable bonds is 2. The first kappa shape index (κ1) is 12.2. The predicted octanol–water partition coefficient (Wildman–Crippen LogP) is 3.55. The minimum absolute atomic E-state index is 0.113. The lowest BCUT2D eigenvalue weighted by Gasteiger charge is -1.95. The molecule has 0 saturated heterocycles. The Labute approximate surface area is 113 Å². The standard InChI is InChI=1S/C15H10FNO3/c16-11-7-9(1-4-13(11)19)2-6-15-17-12-8-10(18)3-5-14(12)20-15/h1-8,18-19H. The Kier molecular flexibility index (Phi) is 2.87. The average Bonchev–Trinajstić information content (AvgIpc) is 2.82. The van der Waals surface area contributed by atoms with Gasteiger partial charge < -0.3 is 14.6 Å². The number of aromatic hydroxyl groups is 2. The summed E-state index contributed by atoms with van der Waals surface area (Å²) in [5.41, 5.74) is 1.67. The van der Waals surface area contributed by atoms with Gasteiger partial charge in [-0.25, -0.2) is 9.37 Å². The monoisotopic (exact) mass is 271 g/mol. The molecule has 0 spiro atoms. The summed E-state index contributed by atoms with van der Waals surface area (Å²) in [4.78, 5) is 4.17. The Morgan fingerprint density at radius 2 is 1.90 bits per heavy atom. The maximum Gasteiger partial charge on any atom is 0.220 e. The maximum atomic E-state index is 13.2. The number of phenolic OH excluding ortho intramolecular Hbond substituents is 2. The van der Waals surface area contributed by atoms with E-state index < -0.39 is 5.82 Å². The first-order valence-corrected chi connectivity index (χ1v) is 5.88. The smallest absolute Gasteiger partial charge is 0.220 e. The lowest BCUT2D eigenvalue weighted by atomic mass is 10.2. The molecule has 1 heterocycles. The SMILES string of the molecule is Oc1ccc2oc(C=Cc3ccc(O)c(F)c3)nc2c1. The fraction of sp³-hybridized carbons (Fsp3) is 0. The van der Waals surface area contributed by atoms with Crippen molar-refractivity contribution in [1.29, 1.82) is 0 Å². The van der Waals surface area contributed by atoms with E-state index in [9.17, 15) is 9.50 Å². The molecule has 0 aliphatic heterocycles. The lowest BCUT2D eigenvalue weighted by molar-refractivity contribution is 0.432. The van der Waals surface area contributed by atoms with Crippen molar-refractivity contribution in [2.45, 2.75) is 0 Å². The highest BCUT2D eigenvalue weighted by molar-refractivity contribution is 5.77. The molecule has 2 N–H and O–H groups in total. The minimum atomic E-state index is -0.686. The summed E-state index contributed by atoms with van der Waals surface area (Å²) < 4.78 is 18.6. The second kappa shape index (κ2) is 4.70. The molecule has 0 unspecified atom stereocenters. The van der Waals surface area contributed by atoms with E-state index in [1.54, 1.807) is 24.3 Å². The van der Waals surface area contributed by atoms with Crippen LogP contribution in [0.4, 0.5) is 4.39 Å². The van der Waals surface area contributed by atoms with Crippen LogP contribution < -0.4 is 0 Å². The van der Waals surface area contributed by atoms with Crippen LogP contribution in [0.25, 0.3) is 23.3 Å². The minimum Gasteiger partial charge on any atom is -0.508 e. The van der Waals surface area contributed by atoms with E-state index in [2.05, 4.69) is 4.98 Å². The highest BCUT2D eigenvalue weighted by Gasteiger charge is 2.04. The highest BCUT2D eigenvalue weighted by atomic mass is 19.1. The van der Waals surface area contributed by atoms with E-state index in [4.69, 9.17) is 9.52 Å². The summed E-state index contributed by atoms with van der Waals surface area (Å²) in [6, 6.07) is 8.69. The number of aromatic nitrogens is 1. The Morgan fingerprint density at radius 3 is 2.70 bits per heavy atom. The van der Waals surface area contributed by atoms with E-state index in [1.165, 1.54) is 24.3 Å². The van der Waals surface area contributed by atoms with Crippen LogP contribution in [0.2, 0.25) is 0 Å². The van der Waals surface area contributed by atoms with Gasteiger partial charge in [-0.2, -0.15) is 0 Å². The molecule has 0 bridgehead atoms. The number of fused-ring (bicyclic) bond motifs is 1. The zero-order valence-electron chi connectivity index (χ0n) is 10.2. The van der Waals surface area contributed by atoms with Gasteiger partial charge in [-0.1, -0.05) is 6.07 Å². The fourth-order valence-corrected chi connectivity index (χ4v) is 1.80. The van der Waals surface area contributed by atoms with Crippen LogP contribution in [0.5, 0.6) is 11.5 Å². The van der Waals surface area contributed by atoms with Crippen LogP contribution in [0.15, 0.2) is 40.8 Å². The van der Waals surface area contributed by atoms with Crippen molar-refractivity contribution >= 4 is 23.3 Å². The Morgan fingerprint density at radius 1 is 1.05 bits per heavy atom. The third-order valence-corrected chi connectivity index (χ3v) is 2.78. The van der Waals surface area contributed by atoms with E-state index in [0.29, 0.717) is 22.6 Å². The molecule has 20 heavy (non-hydrogen) atoms. The van der Waals surface area contributed by atoms with Crippen molar-refractivity contribution in [3.05, 3.63) is 53.7 Å². The van der Waals surface area contributed by atoms with Gasteiger partial charge in [0.2, 0.25) is 5.89 Å². The van der Waals surface area contributed by atoms with Gasteiger partial charge >= 0.3 is 0 Å².